The van der Waals surface area contributed by atoms with Crippen molar-refractivity contribution >= 4 is 0 Å². The van der Waals surface area contributed by atoms with Crippen LogP contribution in [0.5, 0.6) is 11.5 Å². The van der Waals surface area contributed by atoms with Crippen molar-refractivity contribution in [3.63, 3.8) is 0 Å². The highest BCUT2D eigenvalue weighted by atomic mass is 16.5. The molecule has 2 N–H and O–H groups in total. The van der Waals surface area contributed by atoms with E-state index in [1.807, 2.05) is 6.07 Å². The van der Waals surface area contributed by atoms with Crippen LogP contribution in [-0.4, -0.2) is 55.2 Å². The summed E-state index contributed by atoms with van der Waals surface area (Å²) in [5.74, 6) is 1.94. The lowest BCUT2D eigenvalue weighted by Crippen LogP contribution is -2.54. The van der Waals surface area contributed by atoms with Gasteiger partial charge in [0.25, 0.3) is 0 Å². The van der Waals surface area contributed by atoms with Crippen molar-refractivity contribution in [1.29, 1.82) is 0 Å². The highest BCUT2D eigenvalue weighted by molar-refractivity contribution is 5.55. The smallest absolute Gasteiger partial charge is 0.138 e. The summed E-state index contributed by atoms with van der Waals surface area (Å²) in [6, 6.07) is 10.5. The monoisotopic (exact) mass is 409 g/mol. The number of rotatable bonds is 5. The van der Waals surface area contributed by atoms with E-state index in [1.54, 1.807) is 7.11 Å². The lowest BCUT2D eigenvalue weighted by molar-refractivity contribution is 0.0216. The quantitative estimate of drug-likeness (QED) is 0.818. The summed E-state index contributed by atoms with van der Waals surface area (Å²) in [5, 5.41) is 0. The van der Waals surface area contributed by atoms with E-state index in [2.05, 4.69) is 61.8 Å². The average Bonchev–Trinajstić information content (AvgIpc) is 2.99. The number of piperazine rings is 1. The van der Waals surface area contributed by atoms with Gasteiger partial charge in [0.05, 0.1) is 13.2 Å². The molecule has 0 amide bonds. The molecule has 1 saturated heterocycles. The minimum absolute atomic E-state index is 0.0957. The second-order valence-electron chi connectivity index (χ2n) is 9.17. The fraction of sp³-hybridized carbons (Fsp3) is 0.520. The molecule has 2 aliphatic heterocycles. The summed E-state index contributed by atoms with van der Waals surface area (Å²) in [6.07, 6.45) is 0. The molecule has 30 heavy (non-hydrogen) atoms. The second-order valence-corrected chi connectivity index (χ2v) is 9.17. The van der Waals surface area contributed by atoms with Gasteiger partial charge in [-0.3, -0.25) is 9.80 Å². The van der Waals surface area contributed by atoms with Gasteiger partial charge in [-0.25, -0.2) is 0 Å². The van der Waals surface area contributed by atoms with Crippen molar-refractivity contribution in [3.05, 3.63) is 58.1 Å². The minimum Gasteiger partial charge on any atom is -0.497 e. The van der Waals surface area contributed by atoms with Crippen molar-refractivity contribution in [2.75, 3.05) is 39.8 Å². The number of hydrogen-bond acceptors (Lipinski definition) is 5. The van der Waals surface area contributed by atoms with Crippen LogP contribution >= 0.6 is 0 Å². The Morgan fingerprint density at radius 2 is 1.77 bits per heavy atom. The van der Waals surface area contributed by atoms with Crippen LogP contribution in [0, 0.1) is 20.8 Å². The Morgan fingerprint density at radius 1 is 1.07 bits per heavy atom. The van der Waals surface area contributed by atoms with Crippen molar-refractivity contribution in [2.45, 2.75) is 45.9 Å². The molecule has 0 spiro atoms. The maximum Gasteiger partial charge on any atom is 0.138 e. The van der Waals surface area contributed by atoms with Crippen LogP contribution in [0.15, 0.2) is 30.3 Å². The first-order valence-corrected chi connectivity index (χ1v) is 10.9. The maximum absolute atomic E-state index is 6.74. The van der Waals surface area contributed by atoms with E-state index in [9.17, 15) is 0 Å². The third-order valence-corrected chi connectivity index (χ3v) is 6.88. The van der Waals surface area contributed by atoms with Gasteiger partial charge in [0, 0.05) is 44.8 Å². The molecule has 0 saturated carbocycles. The average molecular weight is 410 g/mol. The standard InChI is InChI=1S/C25H35N3O2/c1-17-13-18(2)22-23(19(17)3)30-25(4,24(22)26)16-28-11-9-27(10-12-28)15-20-7-6-8-21(14-20)29-5/h6-8,13-14,24H,9-12,15-16,26H2,1-5H3. The summed E-state index contributed by atoms with van der Waals surface area (Å²) < 4.78 is 11.9. The summed E-state index contributed by atoms with van der Waals surface area (Å²) >= 11 is 0. The van der Waals surface area contributed by atoms with Crippen LogP contribution < -0.4 is 15.2 Å². The van der Waals surface area contributed by atoms with E-state index in [4.69, 9.17) is 15.2 Å². The van der Waals surface area contributed by atoms with E-state index < -0.39 is 0 Å². The Morgan fingerprint density at radius 3 is 2.47 bits per heavy atom. The molecule has 0 aliphatic carbocycles. The van der Waals surface area contributed by atoms with Gasteiger partial charge in [0.2, 0.25) is 0 Å². The molecule has 0 bridgehead atoms. The van der Waals surface area contributed by atoms with Crippen molar-refractivity contribution in [2.24, 2.45) is 5.73 Å². The molecule has 0 radical (unpaired) electrons. The SMILES string of the molecule is COc1cccc(CN2CCN(CC3(C)Oc4c(C)c(C)cc(C)c4C3N)CC2)c1. The van der Waals surface area contributed by atoms with Gasteiger partial charge in [-0.2, -0.15) is 0 Å². The molecule has 5 heteroatoms. The summed E-state index contributed by atoms with van der Waals surface area (Å²) in [7, 11) is 1.72. The second kappa shape index (κ2) is 8.22. The van der Waals surface area contributed by atoms with Crippen LogP contribution in [0.2, 0.25) is 0 Å². The summed E-state index contributed by atoms with van der Waals surface area (Å²) in [5.41, 5.74) is 12.6. The van der Waals surface area contributed by atoms with Crippen LogP contribution in [0.3, 0.4) is 0 Å². The Bertz CT molecular complexity index is 921. The van der Waals surface area contributed by atoms with E-state index >= 15 is 0 Å². The molecule has 2 heterocycles. The lowest BCUT2D eigenvalue weighted by Gasteiger charge is -2.40. The molecule has 2 unspecified atom stereocenters. The summed E-state index contributed by atoms with van der Waals surface area (Å²) in [6.45, 7) is 14.6. The Kier molecular flexibility index (Phi) is 5.80. The normalized spacial score (nSPS) is 24.5. The largest absolute Gasteiger partial charge is 0.497 e. The van der Waals surface area contributed by atoms with E-state index in [0.29, 0.717) is 0 Å². The third kappa shape index (κ3) is 3.94. The highest BCUT2D eigenvalue weighted by Gasteiger charge is 2.45. The van der Waals surface area contributed by atoms with E-state index in [-0.39, 0.29) is 11.6 Å². The minimum atomic E-state index is -0.388. The van der Waals surface area contributed by atoms with Crippen molar-refractivity contribution < 1.29 is 9.47 Å². The predicted molar refractivity (Wildman–Crippen MR) is 121 cm³/mol. The van der Waals surface area contributed by atoms with Crippen LogP contribution in [0.25, 0.3) is 0 Å². The van der Waals surface area contributed by atoms with Crippen molar-refractivity contribution in [3.8, 4) is 11.5 Å². The Hall–Kier alpha value is -2.08. The molecule has 2 aromatic rings. The van der Waals surface area contributed by atoms with E-state index in [0.717, 1.165) is 50.8 Å². The van der Waals surface area contributed by atoms with Crippen LogP contribution in [0.1, 0.15) is 40.8 Å². The molecule has 0 aromatic heterocycles. The first kappa shape index (κ1) is 21.2. The molecule has 2 aliphatic rings. The first-order valence-electron chi connectivity index (χ1n) is 10.9. The van der Waals surface area contributed by atoms with Crippen LogP contribution in [-0.2, 0) is 6.54 Å². The molecule has 2 aromatic carbocycles. The zero-order valence-corrected chi connectivity index (χ0v) is 19.0. The Labute approximate surface area is 180 Å². The number of ether oxygens (including phenoxy) is 2. The number of methoxy groups -OCH3 is 1. The topological polar surface area (TPSA) is 51.0 Å². The number of fused-ring (bicyclic) bond motifs is 1. The number of benzene rings is 2. The molecule has 4 rings (SSSR count). The molecule has 5 nitrogen and oxygen atoms in total. The molecule has 162 valence electrons. The fourth-order valence-electron chi connectivity index (χ4n) is 4.90. The number of nitrogens with zero attached hydrogens (tertiary/aromatic N) is 2. The molecular weight excluding hydrogens is 374 g/mol. The number of hydrogen-bond donors (Lipinski definition) is 1. The van der Waals surface area contributed by atoms with Crippen molar-refractivity contribution in [1.82, 2.24) is 9.80 Å². The zero-order valence-electron chi connectivity index (χ0n) is 19.0. The number of aryl methyl sites for hydroxylation is 2. The highest BCUT2D eigenvalue weighted by Crippen LogP contribution is 2.46. The van der Waals surface area contributed by atoms with Gasteiger partial charge < -0.3 is 15.2 Å². The molecule has 1 fully saturated rings. The van der Waals surface area contributed by atoms with E-state index in [1.165, 1.54) is 27.8 Å². The number of nitrogens with two attached hydrogens (primary N) is 1. The fourth-order valence-corrected chi connectivity index (χ4v) is 4.90. The summed E-state index contributed by atoms with van der Waals surface area (Å²) in [4.78, 5) is 5.01. The Balaban J connectivity index is 1.38. The first-order chi connectivity index (χ1) is 14.3. The molecular formula is C25H35N3O2. The lowest BCUT2D eigenvalue weighted by atomic mass is 9.88. The van der Waals surface area contributed by atoms with Gasteiger partial charge in [-0.05, 0) is 62.1 Å². The van der Waals surface area contributed by atoms with Gasteiger partial charge in [0.15, 0.2) is 0 Å². The van der Waals surface area contributed by atoms with Gasteiger partial charge in [-0.1, -0.05) is 18.2 Å². The molecule has 2 atom stereocenters. The van der Waals surface area contributed by atoms with Crippen LogP contribution in [0.4, 0.5) is 0 Å². The van der Waals surface area contributed by atoms with Gasteiger partial charge in [-0.15, -0.1) is 0 Å². The van der Waals surface area contributed by atoms with Gasteiger partial charge >= 0.3 is 0 Å². The third-order valence-electron chi connectivity index (χ3n) is 6.88. The predicted octanol–water partition coefficient (Wildman–Crippen LogP) is 3.59. The van der Waals surface area contributed by atoms with Gasteiger partial charge in [0.1, 0.15) is 17.1 Å². The zero-order chi connectivity index (χ0) is 21.5. The maximum atomic E-state index is 6.74.